The van der Waals surface area contributed by atoms with Gasteiger partial charge in [-0.05, 0) is 31.6 Å². The summed E-state index contributed by atoms with van der Waals surface area (Å²) in [4.78, 5) is 72.2. The van der Waals surface area contributed by atoms with Crippen LogP contribution < -0.4 is 0 Å². The van der Waals surface area contributed by atoms with Crippen molar-refractivity contribution in [2.75, 3.05) is 39.6 Å². The lowest BCUT2D eigenvalue weighted by molar-refractivity contribution is -0.161. The summed E-state index contributed by atoms with van der Waals surface area (Å²) in [6.07, 6.45) is 49.1. The van der Waals surface area contributed by atoms with Gasteiger partial charge in [0.1, 0.15) is 19.3 Å². The number of unbranched alkanes of at least 4 members (excludes halogenated alkanes) is 41. The Morgan fingerprint density at radius 2 is 0.523 bits per heavy atom. The predicted octanol–water partition coefficient (Wildman–Crippen LogP) is 19.7. The zero-order valence-corrected chi connectivity index (χ0v) is 58.6. The monoisotopic (exact) mass is 1300 g/mol. The van der Waals surface area contributed by atoms with E-state index in [0.717, 1.165) is 102 Å². The van der Waals surface area contributed by atoms with Gasteiger partial charge in [0, 0.05) is 25.7 Å². The molecule has 2 unspecified atom stereocenters. The second kappa shape index (κ2) is 62.5. The Bertz CT molecular complexity index is 1700. The van der Waals surface area contributed by atoms with Crippen molar-refractivity contribution in [2.45, 2.75) is 374 Å². The summed E-state index contributed by atoms with van der Waals surface area (Å²) in [5.41, 5.74) is 0. The summed E-state index contributed by atoms with van der Waals surface area (Å²) in [6.45, 7) is 7.13. The molecule has 17 nitrogen and oxygen atoms in total. The van der Waals surface area contributed by atoms with Crippen LogP contribution in [-0.4, -0.2) is 96.7 Å². The number of aliphatic hydroxyl groups excluding tert-OH is 1. The summed E-state index contributed by atoms with van der Waals surface area (Å²) in [6, 6.07) is 0. The first kappa shape index (κ1) is 86.1. The minimum absolute atomic E-state index is 0.106. The molecule has 88 heavy (non-hydrogen) atoms. The molecule has 0 heterocycles. The summed E-state index contributed by atoms with van der Waals surface area (Å²) in [7, 11) is -9.88. The molecule has 0 saturated heterocycles. The highest BCUT2D eigenvalue weighted by Crippen LogP contribution is 2.45. The van der Waals surface area contributed by atoms with E-state index in [4.69, 9.17) is 37.0 Å². The Kier molecular flexibility index (Phi) is 61.1. The van der Waals surface area contributed by atoms with Gasteiger partial charge in [0.25, 0.3) is 0 Å². The quantitative estimate of drug-likeness (QED) is 0.0222. The van der Waals surface area contributed by atoms with Crippen molar-refractivity contribution in [2.24, 2.45) is 5.92 Å². The number of ether oxygens (including phenoxy) is 4. The molecule has 0 aliphatic carbocycles. The van der Waals surface area contributed by atoms with Crippen molar-refractivity contribution in [1.29, 1.82) is 0 Å². The minimum atomic E-state index is -4.95. The van der Waals surface area contributed by atoms with Crippen LogP contribution in [0, 0.1) is 5.92 Å². The Hall–Kier alpha value is -1.94. The maximum absolute atomic E-state index is 13.0. The smallest absolute Gasteiger partial charge is 0.462 e. The van der Waals surface area contributed by atoms with Crippen LogP contribution in [-0.2, 0) is 65.4 Å². The molecule has 0 aromatic carbocycles. The zero-order valence-electron chi connectivity index (χ0n) is 56.9. The number of carbonyl (C=O) groups excluding carboxylic acids is 4. The standard InChI is InChI=1S/C69H134O17P2/c1-6-9-12-15-17-19-21-22-23-24-25-26-27-28-29-30-36-40-45-50-55-69(74)86-65(59-80-67(72)53-48-43-38-35-32-31-33-37-42-46-51-62(4)5)61-84-88(77,78)82-57-63(70)56-81-87(75,76)83-60-64(58-79-66(71)52-47-41-14-11-8-3)85-68(73)54-49-44-39-34-20-18-16-13-10-7-2/h62-65,70H,6-61H2,1-5H3,(H,75,76)(H,77,78)/t63-,64+,65+/m0/s1. The van der Waals surface area contributed by atoms with Gasteiger partial charge in [0.2, 0.25) is 0 Å². The average molecular weight is 1300 g/mol. The molecular weight excluding hydrogens is 1160 g/mol. The summed E-state index contributed by atoms with van der Waals surface area (Å²) in [5, 5.41) is 10.5. The first-order valence-electron chi connectivity index (χ1n) is 36.1. The molecule has 0 aliphatic rings. The number of phosphoric ester groups is 2. The topological polar surface area (TPSA) is 237 Å². The molecule has 19 heteroatoms. The van der Waals surface area contributed by atoms with Gasteiger partial charge >= 0.3 is 39.5 Å². The molecule has 0 amide bonds. The Morgan fingerprint density at radius 3 is 0.773 bits per heavy atom. The van der Waals surface area contributed by atoms with E-state index in [-0.39, 0.29) is 25.7 Å². The molecule has 3 N–H and O–H groups in total. The fourth-order valence-corrected chi connectivity index (χ4v) is 12.0. The Morgan fingerprint density at radius 1 is 0.307 bits per heavy atom. The number of hydrogen-bond acceptors (Lipinski definition) is 15. The van der Waals surface area contributed by atoms with E-state index in [0.29, 0.717) is 25.7 Å². The molecule has 0 aromatic heterocycles. The van der Waals surface area contributed by atoms with Gasteiger partial charge in [-0.25, -0.2) is 9.13 Å². The van der Waals surface area contributed by atoms with Crippen molar-refractivity contribution in [3.63, 3.8) is 0 Å². The number of esters is 4. The second-order valence-electron chi connectivity index (χ2n) is 25.4. The normalized spacial score (nSPS) is 14.1. The van der Waals surface area contributed by atoms with Crippen molar-refractivity contribution >= 4 is 39.5 Å². The number of hydrogen-bond donors (Lipinski definition) is 3. The number of phosphoric acid groups is 2. The highest BCUT2D eigenvalue weighted by molar-refractivity contribution is 7.47. The van der Waals surface area contributed by atoms with Crippen molar-refractivity contribution in [1.82, 2.24) is 0 Å². The fraction of sp³-hybridized carbons (Fsp3) is 0.942. The molecule has 0 radical (unpaired) electrons. The van der Waals surface area contributed by atoms with Gasteiger partial charge in [0.05, 0.1) is 26.4 Å². The van der Waals surface area contributed by atoms with E-state index in [1.165, 1.54) is 173 Å². The van der Waals surface area contributed by atoms with Crippen LogP contribution in [0.3, 0.4) is 0 Å². The molecule has 0 saturated carbocycles. The molecular formula is C69H134O17P2. The summed E-state index contributed by atoms with van der Waals surface area (Å²) >= 11 is 0. The van der Waals surface area contributed by atoms with Crippen molar-refractivity contribution in [3.8, 4) is 0 Å². The number of rotatable bonds is 69. The molecule has 522 valence electrons. The first-order chi connectivity index (χ1) is 42.5. The van der Waals surface area contributed by atoms with Crippen LogP contribution in [0.5, 0.6) is 0 Å². The maximum atomic E-state index is 13.0. The Labute approximate surface area is 537 Å². The molecule has 0 aromatic rings. The van der Waals surface area contributed by atoms with Crippen LogP contribution in [0.25, 0.3) is 0 Å². The van der Waals surface area contributed by atoms with Gasteiger partial charge in [-0.15, -0.1) is 0 Å². The Balaban J connectivity index is 5.12. The molecule has 0 aliphatic heterocycles. The van der Waals surface area contributed by atoms with Gasteiger partial charge in [-0.1, -0.05) is 304 Å². The van der Waals surface area contributed by atoms with E-state index in [2.05, 4.69) is 34.6 Å². The van der Waals surface area contributed by atoms with Crippen LogP contribution in [0.2, 0.25) is 0 Å². The summed E-state index contributed by atoms with van der Waals surface area (Å²) in [5.74, 6) is -1.38. The zero-order chi connectivity index (χ0) is 64.9. The van der Waals surface area contributed by atoms with Gasteiger partial charge in [-0.2, -0.15) is 0 Å². The lowest BCUT2D eigenvalue weighted by atomic mass is 10.0. The summed E-state index contributed by atoms with van der Waals surface area (Å²) < 4.78 is 68.0. The fourth-order valence-electron chi connectivity index (χ4n) is 10.5. The molecule has 5 atom stereocenters. The van der Waals surface area contributed by atoms with Crippen LogP contribution in [0.1, 0.15) is 356 Å². The lowest BCUT2D eigenvalue weighted by Crippen LogP contribution is -2.30. The number of aliphatic hydroxyl groups is 1. The van der Waals surface area contributed by atoms with Crippen LogP contribution in [0.15, 0.2) is 0 Å². The maximum Gasteiger partial charge on any atom is 0.472 e. The van der Waals surface area contributed by atoms with E-state index in [1.807, 2.05) is 0 Å². The highest BCUT2D eigenvalue weighted by Gasteiger charge is 2.30. The third-order valence-corrected chi connectivity index (χ3v) is 17.9. The van der Waals surface area contributed by atoms with E-state index < -0.39 is 97.5 Å². The van der Waals surface area contributed by atoms with Crippen molar-refractivity contribution < 1.29 is 80.2 Å². The van der Waals surface area contributed by atoms with E-state index in [9.17, 15) is 43.2 Å². The average Bonchev–Trinajstić information content (AvgIpc) is 3.57. The number of carbonyl (C=O) groups is 4. The second-order valence-corrected chi connectivity index (χ2v) is 28.3. The predicted molar refractivity (Wildman–Crippen MR) is 354 cm³/mol. The van der Waals surface area contributed by atoms with Crippen LogP contribution >= 0.6 is 15.6 Å². The van der Waals surface area contributed by atoms with Crippen LogP contribution in [0.4, 0.5) is 0 Å². The molecule has 0 bridgehead atoms. The van der Waals surface area contributed by atoms with Gasteiger partial charge in [0.15, 0.2) is 12.2 Å². The SMILES string of the molecule is CCCCCCCCCCCCCCCCCCCCCCC(=O)O[C@H](COC(=O)CCCCCCCCCCCCC(C)C)COP(=O)(O)OC[C@@H](O)COP(=O)(O)OC[C@@H](COC(=O)CCCCCCC)OC(=O)CCCCCCCCCCCC. The van der Waals surface area contributed by atoms with E-state index in [1.54, 1.807) is 0 Å². The largest absolute Gasteiger partial charge is 0.472 e. The third kappa shape index (κ3) is 62.8. The lowest BCUT2D eigenvalue weighted by Gasteiger charge is -2.21. The van der Waals surface area contributed by atoms with Gasteiger partial charge in [-0.3, -0.25) is 37.3 Å². The van der Waals surface area contributed by atoms with Crippen molar-refractivity contribution in [3.05, 3.63) is 0 Å². The highest BCUT2D eigenvalue weighted by atomic mass is 31.2. The molecule has 0 spiro atoms. The van der Waals surface area contributed by atoms with Gasteiger partial charge < -0.3 is 33.8 Å². The molecule has 0 fully saturated rings. The molecule has 0 rings (SSSR count). The third-order valence-electron chi connectivity index (χ3n) is 16.0. The first-order valence-corrected chi connectivity index (χ1v) is 39.1. The minimum Gasteiger partial charge on any atom is -0.462 e. The van der Waals surface area contributed by atoms with E-state index >= 15 is 0 Å².